The number of hydrogen-bond donors (Lipinski definition) is 2. The third-order valence-corrected chi connectivity index (χ3v) is 4.19. The molecule has 3 aromatic rings. The fraction of sp³-hybridized carbons (Fsp3) is 0.182. The molecule has 0 aromatic heterocycles. The fourth-order valence-electron chi connectivity index (χ4n) is 2.62. The average Bonchev–Trinajstić information content (AvgIpc) is 2.67. The van der Waals surface area contributed by atoms with Gasteiger partial charge >= 0.3 is 0 Å². The van der Waals surface area contributed by atoms with Crippen molar-refractivity contribution in [2.75, 3.05) is 11.9 Å². The molecule has 27 heavy (non-hydrogen) atoms. The zero-order chi connectivity index (χ0) is 19.1. The Kier molecular flexibility index (Phi) is 6.44. The van der Waals surface area contributed by atoms with Crippen molar-refractivity contribution in [1.29, 1.82) is 0 Å². The molecule has 140 valence electrons. The summed E-state index contributed by atoms with van der Waals surface area (Å²) in [6, 6.07) is 20.5. The van der Waals surface area contributed by atoms with E-state index in [0.717, 1.165) is 16.8 Å². The van der Waals surface area contributed by atoms with E-state index >= 15 is 0 Å². The SMILES string of the molecule is CCOc1cc(CNc2ccc(O)cc2)ccc1OCc1cccc(Cl)c1. The van der Waals surface area contributed by atoms with E-state index in [1.54, 1.807) is 12.1 Å². The highest BCUT2D eigenvalue weighted by atomic mass is 35.5. The molecule has 0 amide bonds. The molecule has 3 rings (SSSR count). The minimum atomic E-state index is 0.250. The van der Waals surface area contributed by atoms with Crippen LogP contribution >= 0.6 is 11.6 Å². The number of halogens is 1. The van der Waals surface area contributed by atoms with Crippen LogP contribution in [-0.4, -0.2) is 11.7 Å². The van der Waals surface area contributed by atoms with Crippen LogP contribution in [0.25, 0.3) is 0 Å². The topological polar surface area (TPSA) is 50.7 Å². The Morgan fingerprint density at radius 3 is 2.44 bits per heavy atom. The molecule has 0 fully saturated rings. The van der Waals surface area contributed by atoms with Crippen molar-refractivity contribution in [3.8, 4) is 17.2 Å². The van der Waals surface area contributed by atoms with Gasteiger partial charge in [-0.2, -0.15) is 0 Å². The zero-order valence-electron chi connectivity index (χ0n) is 15.1. The predicted octanol–water partition coefficient (Wildman–Crippen LogP) is 5.64. The monoisotopic (exact) mass is 383 g/mol. The predicted molar refractivity (Wildman–Crippen MR) is 109 cm³/mol. The van der Waals surface area contributed by atoms with Gasteiger partial charge in [-0.05, 0) is 66.6 Å². The minimum Gasteiger partial charge on any atom is -0.508 e. The van der Waals surface area contributed by atoms with Gasteiger partial charge in [-0.3, -0.25) is 0 Å². The molecule has 0 aliphatic heterocycles. The molecule has 0 bridgehead atoms. The van der Waals surface area contributed by atoms with Crippen LogP contribution in [0.1, 0.15) is 18.1 Å². The maximum Gasteiger partial charge on any atom is 0.161 e. The van der Waals surface area contributed by atoms with Gasteiger partial charge in [0.05, 0.1) is 6.61 Å². The summed E-state index contributed by atoms with van der Waals surface area (Å²) in [7, 11) is 0. The summed E-state index contributed by atoms with van der Waals surface area (Å²) in [6.45, 7) is 3.57. The van der Waals surface area contributed by atoms with Crippen LogP contribution in [-0.2, 0) is 13.2 Å². The Balaban J connectivity index is 1.67. The van der Waals surface area contributed by atoms with E-state index in [0.29, 0.717) is 36.3 Å². The number of phenols is 1. The number of anilines is 1. The zero-order valence-corrected chi connectivity index (χ0v) is 15.9. The van der Waals surface area contributed by atoms with Crippen LogP contribution in [0.2, 0.25) is 5.02 Å². The maximum atomic E-state index is 9.35. The second kappa shape index (κ2) is 9.19. The first-order valence-electron chi connectivity index (χ1n) is 8.80. The molecule has 0 spiro atoms. The van der Waals surface area contributed by atoms with Gasteiger partial charge in [0, 0.05) is 17.3 Å². The van der Waals surface area contributed by atoms with Crippen molar-refractivity contribution in [3.63, 3.8) is 0 Å². The highest BCUT2D eigenvalue weighted by Gasteiger charge is 2.08. The van der Waals surface area contributed by atoms with Crippen molar-refractivity contribution in [3.05, 3.63) is 82.9 Å². The van der Waals surface area contributed by atoms with Gasteiger partial charge in [0.2, 0.25) is 0 Å². The Bertz CT molecular complexity index is 881. The maximum absolute atomic E-state index is 9.35. The molecule has 2 N–H and O–H groups in total. The van der Waals surface area contributed by atoms with Crippen molar-refractivity contribution < 1.29 is 14.6 Å². The summed E-state index contributed by atoms with van der Waals surface area (Å²) < 4.78 is 11.7. The summed E-state index contributed by atoms with van der Waals surface area (Å²) >= 11 is 6.02. The molecule has 0 unspecified atom stereocenters. The van der Waals surface area contributed by atoms with Crippen LogP contribution in [0.15, 0.2) is 66.7 Å². The number of aromatic hydroxyl groups is 1. The Labute approximate surface area is 164 Å². The van der Waals surface area contributed by atoms with E-state index in [1.165, 1.54) is 0 Å². The highest BCUT2D eigenvalue weighted by Crippen LogP contribution is 2.30. The molecule has 5 heteroatoms. The number of nitrogens with one attached hydrogen (secondary N) is 1. The summed E-state index contributed by atoms with van der Waals surface area (Å²) in [5, 5.41) is 13.4. The van der Waals surface area contributed by atoms with E-state index < -0.39 is 0 Å². The molecule has 0 saturated carbocycles. The van der Waals surface area contributed by atoms with E-state index in [2.05, 4.69) is 5.32 Å². The van der Waals surface area contributed by atoms with E-state index in [1.807, 2.05) is 61.5 Å². The Morgan fingerprint density at radius 1 is 0.889 bits per heavy atom. The van der Waals surface area contributed by atoms with Gasteiger partial charge < -0.3 is 19.9 Å². The Morgan fingerprint density at radius 2 is 1.70 bits per heavy atom. The third-order valence-electron chi connectivity index (χ3n) is 3.96. The number of ether oxygens (including phenoxy) is 2. The number of phenolic OH excluding ortho intramolecular Hbond substituents is 1. The average molecular weight is 384 g/mol. The third kappa shape index (κ3) is 5.56. The molecule has 3 aromatic carbocycles. The summed E-state index contributed by atoms with van der Waals surface area (Å²) in [6.07, 6.45) is 0. The molecule has 0 heterocycles. The van der Waals surface area contributed by atoms with Crippen LogP contribution in [0, 0.1) is 0 Å². The van der Waals surface area contributed by atoms with Crippen molar-refractivity contribution >= 4 is 17.3 Å². The second-order valence-electron chi connectivity index (χ2n) is 6.03. The van der Waals surface area contributed by atoms with Gasteiger partial charge in [-0.25, -0.2) is 0 Å². The van der Waals surface area contributed by atoms with E-state index in [-0.39, 0.29) is 5.75 Å². The first-order valence-corrected chi connectivity index (χ1v) is 9.17. The lowest BCUT2D eigenvalue weighted by molar-refractivity contribution is 0.269. The van der Waals surface area contributed by atoms with E-state index in [4.69, 9.17) is 21.1 Å². The molecule has 0 aliphatic carbocycles. The second-order valence-corrected chi connectivity index (χ2v) is 6.47. The smallest absolute Gasteiger partial charge is 0.161 e. The molecule has 0 atom stereocenters. The molecular formula is C22H22ClNO3. The van der Waals surface area contributed by atoms with Gasteiger partial charge in [0.25, 0.3) is 0 Å². The molecular weight excluding hydrogens is 362 g/mol. The lowest BCUT2D eigenvalue weighted by Crippen LogP contribution is -2.03. The summed E-state index contributed by atoms with van der Waals surface area (Å²) in [4.78, 5) is 0. The van der Waals surface area contributed by atoms with Crippen molar-refractivity contribution in [1.82, 2.24) is 0 Å². The lowest BCUT2D eigenvalue weighted by Gasteiger charge is -2.14. The summed E-state index contributed by atoms with van der Waals surface area (Å²) in [5.74, 6) is 1.66. The number of rotatable bonds is 8. The van der Waals surface area contributed by atoms with Crippen molar-refractivity contribution in [2.45, 2.75) is 20.1 Å². The van der Waals surface area contributed by atoms with Crippen LogP contribution in [0.5, 0.6) is 17.2 Å². The fourth-order valence-corrected chi connectivity index (χ4v) is 2.83. The number of hydrogen-bond acceptors (Lipinski definition) is 4. The molecule has 0 saturated heterocycles. The van der Waals surface area contributed by atoms with E-state index in [9.17, 15) is 5.11 Å². The molecule has 0 aliphatic rings. The normalized spacial score (nSPS) is 10.4. The lowest BCUT2D eigenvalue weighted by atomic mass is 10.2. The quantitative estimate of drug-likeness (QED) is 0.494. The summed E-state index contributed by atoms with van der Waals surface area (Å²) in [5.41, 5.74) is 3.01. The Hall–Kier alpha value is -2.85. The van der Waals surface area contributed by atoms with Crippen LogP contribution in [0.4, 0.5) is 5.69 Å². The van der Waals surface area contributed by atoms with Crippen molar-refractivity contribution in [2.24, 2.45) is 0 Å². The van der Waals surface area contributed by atoms with Gasteiger partial charge in [0.1, 0.15) is 12.4 Å². The van der Waals surface area contributed by atoms with Crippen LogP contribution in [0.3, 0.4) is 0 Å². The standard InChI is InChI=1S/C22H22ClNO3/c1-2-26-22-13-16(14-24-19-7-9-20(25)10-8-19)6-11-21(22)27-15-17-4-3-5-18(23)12-17/h3-13,24-25H,2,14-15H2,1H3. The van der Waals surface area contributed by atoms with Gasteiger partial charge in [-0.1, -0.05) is 29.8 Å². The first kappa shape index (κ1) is 18.9. The van der Waals surface area contributed by atoms with Gasteiger partial charge in [-0.15, -0.1) is 0 Å². The first-order chi connectivity index (χ1) is 13.1. The molecule has 4 nitrogen and oxygen atoms in total. The van der Waals surface area contributed by atoms with Gasteiger partial charge in [0.15, 0.2) is 11.5 Å². The highest BCUT2D eigenvalue weighted by molar-refractivity contribution is 6.30. The molecule has 0 radical (unpaired) electrons. The number of benzene rings is 3. The largest absolute Gasteiger partial charge is 0.508 e. The minimum absolute atomic E-state index is 0.250. The van der Waals surface area contributed by atoms with Crippen LogP contribution < -0.4 is 14.8 Å².